The summed E-state index contributed by atoms with van der Waals surface area (Å²) in [7, 11) is 1.83. The molecule has 2 amide bonds. The fourth-order valence-electron chi connectivity index (χ4n) is 3.47. The van der Waals surface area contributed by atoms with Crippen molar-refractivity contribution < 1.29 is 4.79 Å². The van der Waals surface area contributed by atoms with Gasteiger partial charge in [-0.05, 0) is 28.3 Å². The maximum atomic E-state index is 12.8. The van der Waals surface area contributed by atoms with E-state index in [0.29, 0.717) is 19.6 Å². The first-order valence-corrected chi connectivity index (χ1v) is 9.01. The van der Waals surface area contributed by atoms with Gasteiger partial charge in [-0.3, -0.25) is 4.90 Å². The molecule has 0 saturated carbocycles. The average Bonchev–Trinajstić information content (AvgIpc) is 2.72. The molecule has 1 aliphatic rings. The Morgan fingerprint density at radius 2 is 1.74 bits per heavy atom. The molecule has 0 atom stereocenters. The monoisotopic (exact) mass is 358 g/mol. The molecule has 2 heterocycles. The number of nitrogens with two attached hydrogens (primary N) is 1. The molecular formula is C22H22N4O. The van der Waals surface area contributed by atoms with Gasteiger partial charge in [0.25, 0.3) is 0 Å². The van der Waals surface area contributed by atoms with Crippen LogP contribution < -0.4 is 10.6 Å². The zero-order chi connectivity index (χ0) is 18.8. The first-order valence-electron chi connectivity index (χ1n) is 9.01. The highest BCUT2D eigenvalue weighted by molar-refractivity contribution is 5.95. The number of aromatic nitrogens is 1. The molecule has 0 fully saturated rings. The molecule has 1 aromatic heterocycles. The van der Waals surface area contributed by atoms with Gasteiger partial charge in [0.05, 0.1) is 13.1 Å². The number of fused-ring (bicyclic) bond motifs is 1. The summed E-state index contributed by atoms with van der Waals surface area (Å²) in [6.07, 6.45) is 1.78. The number of carbonyl (C=O) groups excluding carboxylic acids is 1. The number of carbonyl (C=O) groups is 1. The number of hydrogen-bond donors (Lipinski definition) is 1. The molecule has 136 valence electrons. The molecule has 1 aliphatic heterocycles. The van der Waals surface area contributed by atoms with E-state index in [0.717, 1.165) is 33.6 Å². The van der Waals surface area contributed by atoms with Crippen molar-refractivity contribution in [2.24, 2.45) is 5.73 Å². The van der Waals surface area contributed by atoms with Crippen molar-refractivity contribution in [2.75, 3.05) is 11.9 Å². The van der Waals surface area contributed by atoms with E-state index in [4.69, 9.17) is 5.73 Å². The zero-order valence-electron chi connectivity index (χ0n) is 15.3. The van der Waals surface area contributed by atoms with E-state index in [1.54, 1.807) is 16.0 Å². The van der Waals surface area contributed by atoms with Gasteiger partial charge in [0.2, 0.25) is 0 Å². The normalized spacial score (nSPS) is 13.6. The molecule has 2 aromatic carbocycles. The SMILES string of the molecule is CN1Cc2c(-c3ccc(CN)cc3)ccnc2N(Cc2ccccc2)C1=O. The maximum Gasteiger partial charge on any atom is 0.326 e. The molecule has 5 nitrogen and oxygen atoms in total. The van der Waals surface area contributed by atoms with Gasteiger partial charge in [-0.25, -0.2) is 9.78 Å². The van der Waals surface area contributed by atoms with E-state index in [9.17, 15) is 4.79 Å². The van der Waals surface area contributed by atoms with Crippen molar-refractivity contribution in [3.05, 3.63) is 83.6 Å². The van der Waals surface area contributed by atoms with Crippen LogP contribution in [0.25, 0.3) is 11.1 Å². The summed E-state index contributed by atoms with van der Waals surface area (Å²) >= 11 is 0. The predicted octanol–water partition coefficient (Wildman–Crippen LogP) is 3.78. The molecule has 4 rings (SSSR count). The minimum absolute atomic E-state index is 0.0329. The number of benzene rings is 2. The minimum Gasteiger partial charge on any atom is -0.326 e. The van der Waals surface area contributed by atoms with E-state index < -0.39 is 0 Å². The Balaban J connectivity index is 1.77. The van der Waals surface area contributed by atoms with E-state index >= 15 is 0 Å². The molecule has 0 aliphatic carbocycles. The second-order valence-electron chi connectivity index (χ2n) is 6.77. The third kappa shape index (κ3) is 3.29. The lowest BCUT2D eigenvalue weighted by Gasteiger charge is -2.35. The standard InChI is InChI=1S/C22H22N4O/c1-25-15-20-19(18-9-7-16(13-23)8-10-18)11-12-24-21(20)26(22(25)27)14-17-5-3-2-4-6-17/h2-12H,13-15,23H2,1H3. The number of hydrogen-bond acceptors (Lipinski definition) is 3. The van der Waals surface area contributed by atoms with Gasteiger partial charge < -0.3 is 10.6 Å². The lowest BCUT2D eigenvalue weighted by atomic mass is 9.98. The van der Waals surface area contributed by atoms with Gasteiger partial charge in [0.15, 0.2) is 0 Å². The smallest absolute Gasteiger partial charge is 0.326 e. The van der Waals surface area contributed by atoms with Crippen LogP contribution in [0.15, 0.2) is 66.9 Å². The number of amides is 2. The van der Waals surface area contributed by atoms with Crippen molar-refractivity contribution in [1.29, 1.82) is 0 Å². The molecular weight excluding hydrogens is 336 g/mol. The molecule has 0 spiro atoms. The van der Waals surface area contributed by atoms with Crippen molar-refractivity contribution in [3.63, 3.8) is 0 Å². The van der Waals surface area contributed by atoms with Crippen LogP contribution in [0.5, 0.6) is 0 Å². The molecule has 3 aromatic rings. The highest BCUT2D eigenvalue weighted by atomic mass is 16.2. The van der Waals surface area contributed by atoms with Crippen molar-refractivity contribution in [3.8, 4) is 11.1 Å². The number of pyridine rings is 1. The molecule has 0 radical (unpaired) electrons. The van der Waals surface area contributed by atoms with Gasteiger partial charge in [-0.1, -0.05) is 54.6 Å². The first kappa shape index (κ1) is 17.2. The number of nitrogens with zero attached hydrogens (tertiary/aromatic N) is 3. The minimum atomic E-state index is -0.0329. The van der Waals surface area contributed by atoms with Crippen molar-refractivity contribution >= 4 is 11.8 Å². The lowest BCUT2D eigenvalue weighted by molar-refractivity contribution is 0.209. The van der Waals surface area contributed by atoms with Gasteiger partial charge in [0.1, 0.15) is 5.82 Å². The summed E-state index contributed by atoms with van der Waals surface area (Å²) < 4.78 is 0. The third-order valence-corrected chi connectivity index (χ3v) is 4.93. The van der Waals surface area contributed by atoms with Crippen LogP contribution in [0.4, 0.5) is 10.6 Å². The summed E-state index contributed by atoms with van der Waals surface area (Å²) in [5.41, 5.74) is 11.2. The van der Waals surface area contributed by atoms with E-state index in [1.165, 1.54) is 0 Å². The fraction of sp³-hybridized carbons (Fsp3) is 0.182. The van der Waals surface area contributed by atoms with E-state index in [2.05, 4.69) is 17.1 Å². The summed E-state index contributed by atoms with van der Waals surface area (Å²) in [6.45, 7) is 1.57. The van der Waals surface area contributed by atoms with Crippen LogP contribution in [0.1, 0.15) is 16.7 Å². The first-order chi connectivity index (χ1) is 13.2. The van der Waals surface area contributed by atoms with E-state index in [-0.39, 0.29) is 6.03 Å². The van der Waals surface area contributed by atoms with E-state index in [1.807, 2.05) is 55.6 Å². The van der Waals surface area contributed by atoms with Crippen LogP contribution in [-0.2, 0) is 19.6 Å². The second-order valence-corrected chi connectivity index (χ2v) is 6.77. The topological polar surface area (TPSA) is 62.5 Å². The summed E-state index contributed by atoms with van der Waals surface area (Å²) in [5, 5.41) is 0. The third-order valence-electron chi connectivity index (χ3n) is 4.93. The Morgan fingerprint density at radius 1 is 1.00 bits per heavy atom. The Labute approximate surface area is 159 Å². The van der Waals surface area contributed by atoms with Crippen molar-refractivity contribution in [1.82, 2.24) is 9.88 Å². The highest BCUT2D eigenvalue weighted by Gasteiger charge is 2.31. The molecule has 0 bridgehead atoms. The average molecular weight is 358 g/mol. The van der Waals surface area contributed by atoms with Crippen LogP contribution >= 0.6 is 0 Å². The molecule has 5 heteroatoms. The largest absolute Gasteiger partial charge is 0.326 e. The summed E-state index contributed by atoms with van der Waals surface area (Å²) in [6, 6.07) is 20.2. The van der Waals surface area contributed by atoms with Gasteiger partial charge in [0, 0.05) is 25.4 Å². The molecule has 27 heavy (non-hydrogen) atoms. The van der Waals surface area contributed by atoms with Crippen molar-refractivity contribution in [2.45, 2.75) is 19.6 Å². The van der Waals surface area contributed by atoms with Gasteiger partial charge >= 0.3 is 6.03 Å². The quantitative estimate of drug-likeness (QED) is 0.772. The van der Waals surface area contributed by atoms with Gasteiger partial charge in [-0.15, -0.1) is 0 Å². The lowest BCUT2D eigenvalue weighted by Crippen LogP contribution is -2.45. The number of rotatable bonds is 4. The van der Waals surface area contributed by atoms with Gasteiger partial charge in [-0.2, -0.15) is 0 Å². The molecule has 0 saturated heterocycles. The molecule has 0 unspecified atom stereocenters. The highest BCUT2D eigenvalue weighted by Crippen LogP contribution is 2.35. The summed E-state index contributed by atoms with van der Waals surface area (Å²) in [5.74, 6) is 0.738. The Bertz CT molecular complexity index is 954. The van der Waals surface area contributed by atoms with Crippen LogP contribution in [-0.4, -0.2) is 23.0 Å². The number of urea groups is 1. The maximum absolute atomic E-state index is 12.8. The Kier molecular flexibility index (Phi) is 4.60. The molecule has 2 N–H and O–H groups in total. The predicted molar refractivity (Wildman–Crippen MR) is 107 cm³/mol. The van der Waals surface area contributed by atoms with Crippen LogP contribution in [0.2, 0.25) is 0 Å². The summed E-state index contributed by atoms with van der Waals surface area (Å²) in [4.78, 5) is 20.9. The van der Waals surface area contributed by atoms with Crippen LogP contribution in [0, 0.1) is 0 Å². The van der Waals surface area contributed by atoms with Crippen LogP contribution in [0.3, 0.4) is 0 Å². The Morgan fingerprint density at radius 3 is 2.44 bits per heavy atom. The second kappa shape index (κ2) is 7.21. The fourth-order valence-corrected chi connectivity index (χ4v) is 3.47. The number of anilines is 1. The zero-order valence-corrected chi connectivity index (χ0v) is 15.3. The Hall–Kier alpha value is -3.18.